The molecule has 0 spiro atoms. The van der Waals surface area contributed by atoms with Gasteiger partial charge in [0, 0.05) is 6.61 Å². The first-order valence-electron chi connectivity index (χ1n) is 17.2. The Morgan fingerprint density at radius 1 is 0.581 bits per heavy atom. The molecule has 0 rings (SSSR count). The molecule has 0 aromatic rings. The number of carbonyl (C=O) groups excluding carboxylic acids is 1. The second-order valence-electron chi connectivity index (χ2n) is 10.9. The lowest BCUT2D eigenvalue weighted by Gasteiger charge is -2.15. The number of carbonyl (C=O) groups is 1. The predicted octanol–water partition coefficient (Wildman–Crippen LogP) is 10.9. The number of aliphatic hydroxyl groups excluding tert-OH is 1. The lowest BCUT2D eigenvalue weighted by molar-refractivity contribution is -0.153. The normalized spacial score (nSPS) is 13.5. The number of rotatable bonds is 30. The summed E-state index contributed by atoms with van der Waals surface area (Å²) >= 11 is 0. The minimum atomic E-state index is -0.597. The van der Waals surface area contributed by atoms with Crippen LogP contribution in [-0.2, 0) is 14.3 Å². The van der Waals surface area contributed by atoms with E-state index in [9.17, 15) is 9.90 Å². The molecule has 0 amide bonds. The Morgan fingerprint density at radius 3 is 1.58 bits per heavy atom. The minimum absolute atomic E-state index is 0.204. The number of hydrogen-bond donors (Lipinski definition) is 1. The highest BCUT2D eigenvalue weighted by atomic mass is 16.6. The van der Waals surface area contributed by atoms with Gasteiger partial charge in [0.25, 0.3) is 0 Å². The van der Waals surface area contributed by atoms with Crippen molar-refractivity contribution in [1.82, 2.24) is 0 Å². The first-order chi connectivity index (χ1) is 21.2. The van der Waals surface area contributed by atoms with Crippen LogP contribution < -0.4 is 0 Å². The van der Waals surface area contributed by atoms with Crippen LogP contribution in [0.1, 0.15) is 129 Å². The molecule has 0 aromatic carbocycles. The second-order valence-corrected chi connectivity index (χ2v) is 10.9. The molecule has 4 heteroatoms. The van der Waals surface area contributed by atoms with Gasteiger partial charge in [-0.3, -0.25) is 4.79 Å². The molecule has 0 heterocycles. The lowest BCUT2D eigenvalue weighted by Crippen LogP contribution is -2.27. The van der Waals surface area contributed by atoms with Gasteiger partial charge in [-0.05, 0) is 70.6 Å². The number of esters is 1. The van der Waals surface area contributed by atoms with E-state index in [0.29, 0.717) is 6.61 Å². The van der Waals surface area contributed by atoms with Crippen molar-refractivity contribution in [2.24, 2.45) is 0 Å². The molecule has 0 radical (unpaired) electrons. The van der Waals surface area contributed by atoms with Crippen LogP contribution in [-0.4, -0.2) is 37.0 Å². The van der Waals surface area contributed by atoms with Crippen molar-refractivity contribution < 1.29 is 19.4 Å². The fraction of sp³-hybridized carbons (Fsp3) is 0.615. The molecule has 43 heavy (non-hydrogen) atoms. The van der Waals surface area contributed by atoms with Gasteiger partial charge in [0.15, 0.2) is 0 Å². The van der Waals surface area contributed by atoms with Crippen LogP contribution in [0.15, 0.2) is 85.1 Å². The van der Waals surface area contributed by atoms with E-state index in [-0.39, 0.29) is 25.6 Å². The van der Waals surface area contributed by atoms with Crippen LogP contribution >= 0.6 is 0 Å². The van der Waals surface area contributed by atoms with Gasteiger partial charge in [-0.25, -0.2) is 0 Å². The molecule has 1 unspecified atom stereocenters. The van der Waals surface area contributed by atoms with Gasteiger partial charge in [0.1, 0.15) is 6.10 Å². The van der Waals surface area contributed by atoms with Crippen molar-refractivity contribution >= 4 is 5.97 Å². The maximum absolute atomic E-state index is 12.1. The smallest absolute Gasteiger partial charge is 0.310 e. The van der Waals surface area contributed by atoms with Crippen LogP contribution in [0.4, 0.5) is 0 Å². The van der Waals surface area contributed by atoms with Crippen molar-refractivity contribution in [3.8, 4) is 0 Å². The molecule has 0 fully saturated rings. The Bertz CT molecular complexity index is 800. The molecule has 1 atom stereocenters. The van der Waals surface area contributed by atoms with Crippen LogP contribution in [0.3, 0.4) is 0 Å². The molecule has 0 aliphatic carbocycles. The number of unbranched alkanes of at least 4 members (excludes halogenated alkanes) is 9. The van der Waals surface area contributed by atoms with Crippen LogP contribution in [0, 0.1) is 0 Å². The number of aliphatic hydroxyl groups is 1. The summed E-state index contributed by atoms with van der Waals surface area (Å²) in [6.07, 6.45) is 49.2. The number of allylic oxidation sites excluding steroid dienone is 13. The summed E-state index contributed by atoms with van der Waals surface area (Å²) in [5, 5.41) is 9.52. The van der Waals surface area contributed by atoms with Gasteiger partial charge >= 0.3 is 5.97 Å². The van der Waals surface area contributed by atoms with E-state index in [1.165, 1.54) is 57.8 Å². The SMILES string of the molecule is CC/C=C\C/C=C\C/C=C\C/C=C\C/C=C\CC(=O)OC(CO)COCCCCCCCC/C=C\C/C=C\CCCCC. The van der Waals surface area contributed by atoms with Crippen molar-refractivity contribution in [2.75, 3.05) is 19.8 Å². The third kappa shape index (κ3) is 33.9. The zero-order valence-corrected chi connectivity index (χ0v) is 27.7. The molecular weight excluding hydrogens is 532 g/mol. The number of ether oxygens (including phenoxy) is 2. The summed E-state index contributed by atoms with van der Waals surface area (Å²) in [5.41, 5.74) is 0. The zero-order valence-electron chi connectivity index (χ0n) is 27.7. The molecule has 0 aromatic heterocycles. The Labute approximate surface area is 265 Å². The summed E-state index contributed by atoms with van der Waals surface area (Å²) in [5.74, 6) is -0.335. The summed E-state index contributed by atoms with van der Waals surface area (Å²) in [7, 11) is 0. The van der Waals surface area contributed by atoms with Gasteiger partial charge in [-0.2, -0.15) is 0 Å². The average Bonchev–Trinajstić information content (AvgIpc) is 3.01. The van der Waals surface area contributed by atoms with Gasteiger partial charge in [-0.1, -0.05) is 137 Å². The predicted molar refractivity (Wildman–Crippen MR) is 186 cm³/mol. The fourth-order valence-electron chi connectivity index (χ4n) is 4.20. The Morgan fingerprint density at radius 2 is 1.05 bits per heavy atom. The van der Waals surface area contributed by atoms with Crippen LogP contribution in [0.25, 0.3) is 0 Å². The van der Waals surface area contributed by atoms with E-state index in [2.05, 4.69) is 86.8 Å². The first-order valence-corrected chi connectivity index (χ1v) is 17.2. The summed E-state index contributed by atoms with van der Waals surface area (Å²) in [6, 6.07) is 0. The summed E-state index contributed by atoms with van der Waals surface area (Å²) in [4.78, 5) is 12.1. The highest BCUT2D eigenvalue weighted by molar-refractivity contribution is 5.71. The summed E-state index contributed by atoms with van der Waals surface area (Å²) in [6.45, 7) is 5.05. The molecule has 0 saturated heterocycles. The molecule has 0 aliphatic rings. The maximum Gasteiger partial charge on any atom is 0.310 e. The monoisotopic (exact) mass is 596 g/mol. The standard InChI is InChI=1S/C39H64O4/c1-3-5-7-9-11-13-15-17-19-21-23-25-27-29-31-33-35-42-37-38(36-40)43-39(41)34-32-30-28-26-24-22-20-18-16-14-12-10-8-6-4-2/h6,8,11-14,17-20,24,26,30,32,38,40H,3-5,7,9-10,15-16,21-23,25,27-29,31,33-37H2,1-2H3/b8-6-,13-11-,14-12-,19-17-,20-18-,26-24-,32-30-. The van der Waals surface area contributed by atoms with Crippen molar-refractivity contribution in [3.05, 3.63) is 85.1 Å². The topological polar surface area (TPSA) is 55.8 Å². The highest BCUT2D eigenvalue weighted by Gasteiger charge is 2.12. The zero-order chi connectivity index (χ0) is 31.3. The van der Waals surface area contributed by atoms with E-state index >= 15 is 0 Å². The van der Waals surface area contributed by atoms with Gasteiger partial charge in [0.2, 0.25) is 0 Å². The van der Waals surface area contributed by atoms with E-state index in [1.807, 2.05) is 12.2 Å². The van der Waals surface area contributed by atoms with Crippen molar-refractivity contribution in [3.63, 3.8) is 0 Å². The molecule has 0 bridgehead atoms. The Kier molecular flexibility index (Phi) is 33.7. The van der Waals surface area contributed by atoms with E-state index in [1.54, 1.807) is 0 Å². The third-order valence-electron chi connectivity index (χ3n) is 6.74. The Hall–Kier alpha value is -2.43. The quantitative estimate of drug-likeness (QED) is 0.0509. The van der Waals surface area contributed by atoms with E-state index in [4.69, 9.17) is 9.47 Å². The van der Waals surface area contributed by atoms with E-state index < -0.39 is 6.10 Å². The van der Waals surface area contributed by atoms with Gasteiger partial charge in [-0.15, -0.1) is 0 Å². The third-order valence-corrected chi connectivity index (χ3v) is 6.74. The average molecular weight is 597 g/mol. The molecule has 4 nitrogen and oxygen atoms in total. The summed E-state index contributed by atoms with van der Waals surface area (Å²) < 4.78 is 11.0. The molecule has 1 N–H and O–H groups in total. The fourth-order valence-corrected chi connectivity index (χ4v) is 4.20. The Balaban J connectivity index is 3.65. The van der Waals surface area contributed by atoms with Crippen LogP contribution in [0.5, 0.6) is 0 Å². The molecule has 0 aliphatic heterocycles. The lowest BCUT2D eigenvalue weighted by atomic mass is 10.1. The number of hydrogen-bond acceptors (Lipinski definition) is 4. The minimum Gasteiger partial charge on any atom is -0.457 e. The second kappa shape index (κ2) is 35.8. The van der Waals surface area contributed by atoms with Crippen molar-refractivity contribution in [1.29, 1.82) is 0 Å². The van der Waals surface area contributed by atoms with Crippen LogP contribution in [0.2, 0.25) is 0 Å². The maximum atomic E-state index is 12.1. The van der Waals surface area contributed by atoms with Crippen molar-refractivity contribution in [2.45, 2.75) is 136 Å². The highest BCUT2D eigenvalue weighted by Crippen LogP contribution is 2.09. The molecule has 0 saturated carbocycles. The van der Waals surface area contributed by atoms with E-state index in [0.717, 1.165) is 51.4 Å². The molecular formula is C39H64O4. The van der Waals surface area contributed by atoms with Gasteiger partial charge < -0.3 is 14.6 Å². The largest absolute Gasteiger partial charge is 0.457 e. The molecule has 244 valence electrons. The first kappa shape index (κ1) is 40.6. The van der Waals surface area contributed by atoms with Gasteiger partial charge in [0.05, 0.1) is 19.6 Å².